The van der Waals surface area contributed by atoms with E-state index in [1.807, 2.05) is 12.1 Å². The number of esters is 2. The van der Waals surface area contributed by atoms with Crippen molar-refractivity contribution in [3.8, 4) is 28.7 Å². The van der Waals surface area contributed by atoms with E-state index < -0.39 is 38.3 Å². The van der Waals surface area contributed by atoms with E-state index in [1.165, 1.54) is 14.2 Å². The molecule has 5 rings (SSSR count). The summed E-state index contributed by atoms with van der Waals surface area (Å²) < 4.78 is 48.2. The molecule has 0 fully saturated rings. The summed E-state index contributed by atoms with van der Waals surface area (Å²) in [5.41, 5.74) is 2.46. The van der Waals surface area contributed by atoms with Crippen LogP contribution in [0.1, 0.15) is 60.3 Å². The topological polar surface area (TPSA) is 108 Å². The third kappa shape index (κ3) is 4.59. The van der Waals surface area contributed by atoms with Crippen LogP contribution in [0.2, 0.25) is 18.1 Å². The number of methoxy groups -OCH3 is 4. The van der Waals surface area contributed by atoms with Gasteiger partial charge < -0.3 is 37.6 Å². The van der Waals surface area contributed by atoms with Crippen molar-refractivity contribution in [2.24, 2.45) is 0 Å². The first-order valence-electron chi connectivity index (χ1n) is 14.1. The fourth-order valence-electron chi connectivity index (χ4n) is 6.21. The fraction of sp³-hybridized carbons (Fsp3) is 0.533. The molecule has 0 aromatic heterocycles. The van der Waals surface area contributed by atoms with Gasteiger partial charge in [-0.1, -0.05) is 26.8 Å². The number of carbonyl (C=O) groups excluding carboxylic acids is 2. The first-order chi connectivity index (χ1) is 19.7. The van der Waals surface area contributed by atoms with Crippen LogP contribution in [0.5, 0.6) is 28.7 Å². The molecule has 41 heavy (non-hydrogen) atoms. The first kappa shape index (κ1) is 29.1. The van der Waals surface area contributed by atoms with Gasteiger partial charge in [-0.2, -0.15) is 0 Å². The Morgan fingerprint density at radius 1 is 0.951 bits per heavy atom. The van der Waals surface area contributed by atoms with Crippen molar-refractivity contribution in [3.05, 3.63) is 40.5 Å². The zero-order valence-corrected chi connectivity index (χ0v) is 25.7. The molecular formula is C30H38O10Si. The number of hydrogen-bond acceptors (Lipinski definition) is 10. The minimum absolute atomic E-state index is 0.183. The second-order valence-electron chi connectivity index (χ2n) is 10.5. The Morgan fingerprint density at radius 2 is 1.61 bits per heavy atom. The highest BCUT2D eigenvalue weighted by atomic mass is 28.4. The summed E-state index contributed by atoms with van der Waals surface area (Å²) in [4.78, 5) is 25.3. The lowest BCUT2D eigenvalue weighted by Crippen LogP contribution is -2.51. The zero-order chi connectivity index (χ0) is 29.5. The van der Waals surface area contributed by atoms with E-state index >= 15 is 0 Å². The summed E-state index contributed by atoms with van der Waals surface area (Å²) in [6, 6.07) is 8.32. The Labute approximate surface area is 241 Å². The van der Waals surface area contributed by atoms with Gasteiger partial charge in [0.25, 0.3) is 5.79 Å². The Kier molecular flexibility index (Phi) is 7.86. The van der Waals surface area contributed by atoms with Crippen LogP contribution < -0.4 is 23.7 Å². The number of benzene rings is 2. The normalized spacial score (nSPS) is 22.5. The zero-order valence-electron chi connectivity index (χ0n) is 24.7. The van der Waals surface area contributed by atoms with Crippen molar-refractivity contribution < 1.29 is 47.2 Å². The van der Waals surface area contributed by atoms with Gasteiger partial charge in [0.1, 0.15) is 11.3 Å². The van der Waals surface area contributed by atoms with Gasteiger partial charge in [-0.15, -0.1) is 0 Å². The second-order valence-corrected chi connectivity index (χ2v) is 15.2. The molecule has 2 aromatic carbocycles. The maximum atomic E-state index is 13.2. The molecule has 0 amide bonds. The molecule has 222 valence electrons. The average Bonchev–Trinajstić information content (AvgIpc) is 3.30. The van der Waals surface area contributed by atoms with E-state index in [1.54, 1.807) is 20.3 Å². The molecule has 3 atom stereocenters. The van der Waals surface area contributed by atoms with Gasteiger partial charge in [0.15, 0.2) is 37.4 Å². The van der Waals surface area contributed by atoms with Gasteiger partial charge in [0.05, 0.1) is 34.0 Å². The molecule has 10 nitrogen and oxygen atoms in total. The van der Waals surface area contributed by atoms with Crippen molar-refractivity contribution in [2.45, 2.75) is 76.2 Å². The van der Waals surface area contributed by atoms with E-state index in [-0.39, 0.29) is 17.7 Å². The molecule has 0 radical (unpaired) electrons. The highest BCUT2D eigenvalue weighted by molar-refractivity contribution is 6.73. The number of rotatable bonds is 9. The quantitative estimate of drug-likeness (QED) is 0.289. The van der Waals surface area contributed by atoms with Gasteiger partial charge in [0, 0.05) is 12.8 Å². The number of fused-ring (bicyclic) bond motifs is 3. The van der Waals surface area contributed by atoms with Gasteiger partial charge >= 0.3 is 11.9 Å². The molecule has 0 N–H and O–H groups in total. The lowest BCUT2D eigenvalue weighted by molar-refractivity contribution is -0.175. The summed E-state index contributed by atoms with van der Waals surface area (Å²) in [5, 5.41) is 0. The summed E-state index contributed by atoms with van der Waals surface area (Å²) in [5.74, 6) is -0.218. The molecular weight excluding hydrogens is 548 g/mol. The molecule has 0 saturated heterocycles. The lowest BCUT2D eigenvalue weighted by Gasteiger charge is -2.43. The predicted molar refractivity (Wildman–Crippen MR) is 151 cm³/mol. The van der Waals surface area contributed by atoms with Crippen molar-refractivity contribution in [2.75, 3.05) is 28.4 Å². The van der Waals surface area contributed by atoms with Crippen LogP contribution in [-0.2, 0) is 31.5 Å². The molecule has 0 bridgehead atoms. The molecule has 1 spiro atoms. The Balaban J connectivity index is 1.65. The number of carbonyl (C=O) groups is 2. The van der Waals surface area contributed by atoms with Gasteiger partial charge in [-0.05, 0) is 47.8 Å². The molecule has 2 aromatic rings. The van der Waals surface area contributed by atoms with Crippen molar-refractivity contribution in [1.82, 2.24) is 0 Å². The van der Waals surface area contributed by atoms with Crippen LogP contribution in [0.15, 0.2) is 18.2 Å². The van der Waals surface area contributed by atoms with E-state index in [4.69, 9.17) is 37.6 Å². The largest absolute Gasteiger partial charge is 0.496 e. The molecule has 3 heterocycles. The maximum Gasteiger partial charge on any atom is 0.347 e. The lowest BCUT2D eigenvalue weighted by atomic mass is 9.88. The molecule has 0 aliphatic carbocycles. The number of ether oxygens (including phenoxy) is 7. The van der Waals surface area contributed by atoms with Crippen LogP contribution in [0, 0.1) is 0 Å². The van der Waals surface area contributed by atoms with Gasteiger partial charge in [-0.25, -0.2) is 9.59 Å². The summed E-state index contributed by atoms with van der Waals surface area (Å²) >= 11 is 0. The molecule has 3 aliphatic heterocycles. The second kappa shape index (κ2) is 11.1. The minimum atomic E-state index is -2.20. The van der Waals surface area contributed by atoms with E-state index in [0.29, 0.717) is 41.4 Å². The fourth-order valence-corrected chi connectivity index (χ4v) is 9.01. The van der Waals surface area contributed by atoms with Gasteiger partial charge in [0.2, 0.25) is 6.10 Å². The number of cyclic esters (lactones) is 1. The Morgan fingerprint density at radius 3 is 2.22 bits per heavy atom. The van der Waals surface area contributed by atoms with E-state index in [2.05, 4.69) is 20.8 Å². The smallest absolute Gasteiger partial charge is 0.347 e. The SMILES string of the molecule is CC[Si](CC)(CC)O[C@@H]1c2c(OC)ccc(OC)c2O[C@]12CCc1cc3c(c(OC)c1O2)C(=O)OC(C(=O)OC)C3. The molecule has 1 unspecified atom stereocenters. The van der Waals surface area contributed by atoms with Gasteiger partial charge in [-0.3, -0.25) is 0 Å². The van der Waals surface area contributed by atoms with Crippen molar-refractivity contribution in [3.63, 3.8) is 0 Å². The molecule has 0 saturated carbocycles. The third-order valence-corrected chi connectivity index (χ3v) is 13.3. The van der Waals surface area contributed by atoms with Crippen LogP contribution >= 0.6 is 0 Å². The van der Waals surface area contributed by atoms with Crippen LogP contribution in [0.25, 0.3) is 0 Å². The molecule has 3 aliphatic rings. The Hall–Kier alpha value is -3.44. The van der Waals surface area contributed by atoms with E-state index in [0.717, 1.165) is 29.3 Å². The Bertz CT molecular complexity index is 1350. The third-order valence-electron chi connectivity index (χ3n) is 8.74. The highest BCUT2D eigenvalue weighted by Crippen LogP contribution is 2.59. The first-order valence-corrected chi connectivity index (χ1v) is 16.6. The monoisotopic (exact) mass is 586 g/mol. The van der Waals surface area contributed by atoms with Crippen LogP contribution in [0.3, 0.4) is 0 Å². The minimum Gasteiger partial charge on any atom is -0.496 e. The van der Waals surface area contributed by atoms with Crippen molar-refractivity contribution in [1.29, 1.82) is 0 Å². The maximum absolute atomic E-state index is 13.2. The highest BCUT2D eigenvalue weighted by Gasteiger charge is 2.58. The van der Waals surface area contributed by atoms with Crippen LogP contribution in [-0.4, -0.2) is 60.6 Å². The molecule has 11 heteroatoms. The summed E-state index contributed by atoms with van der Waals surface area (Å²) in [6.45, 7) is 6.51. The van der Waals surface area contributed by atoms with Crippen LogP contribution in [0.4, 0.5) is 0 Å². The standard InChI is InChI=1S/C30H38O10Si/c1-8-41(9-2,10-3)40-27-23-19(33-4)11-12-20(34-5)25(23)39-30(27)14-13-17-15-18-16-21(28(31)36-7)37-29(32)22(18)26(35-6)24(17)38-30/h11-12,15,21,27H,8-10,13-14,16H2,1-7H3/t21?,27-,30-/m1/s1. The average molecular weight is 587 g/mol. The summed E-state index contributed by atoms with van der Waals surface area (Å²) in [6.07, 6.45) is -0.436. The number of hydrogen-bond donors (Lipinski definition) is 0. The predicted octanol–water partition coefficient (Wildman–Crippen LogP) is 5.14. The van der Waals surface area contributed by atoms with Crippen molar-refractivity contribution >= 4 is 20.3 Å². The van der Waals surface area contributed by atoms with E-state index in [9.17, 15) is 9.59 Å². The summed E-state index contributed by atoms with van der Waals surface area (Å²) in [7, 11) is 3.76. The number of aryl methyl sites for hydroxylation is 1.